The first-order valence-electron chi connectivity index (χ1n) is 10.5. The van der Waals surface area contributed by atoms with E-state index in [4.69, 9.17) is 4.74 Å². The summed E-state index contributed by atoms with van der Waals surface area (Å²) in [6.07, 6.45) is 0. The molecule has 0 aliphatic rings. The van der Waals surface area contributed by atoms with Crippen LogP contribution in [0.4, 0.5) is 10.7 Å². The molecule has 0 fully saturated rings. The number of hydrogen-bond donors (Lipinski definition) is 2. The maximum atomic E-state index is 13.0. The van der Waals surface area contributed by atoms with Crippen molar-refractivity contribution in [3.05, 3.63) is 65.0 Å². The summed E-state index contributed by atoms with van der Waals surface area (Å²) in [5, 5.41) is 7.54. The molecule has 6 nitrogen and oxygen atoms in total. The van der Waals surface area contributed by atoms with Crippen molar-refractivity contribution in [2.75, 3.05) is 17.2 Å². The Balaban J connectivity index is 1.80. The predicted octanol–water partition coefficient (Wildman–Crippen LogP) is 5.98. The number of ether oxygens (including phenoxy) is 1. The van der Waals surface area contributed by atoms with Gasteiger partial charge in [0.1, 0.15) is 10.6 Å². The molecule has 0 bridgehead atoms. The van der Waals surface area contributed by atoms with Gasteiger partial charge in [0, 0.05) is 28.5 Å². The van der Waals surface area contributed by atoms with Gasteiger partial charge in [-0.3, -0.25) is 9.59 Å². The van der Waals surface area contributed by atoms with Gasteiger partial charge >= 0.3 is 5.97 Å². The first-order chi connectivity index (χ1) is 15.8. The molecule has 0 saturated carbocycles. The summed E-state index contributed by atoms with van der Waals surface area (Å²) in [7, 11) is 0. The molecule has 0 aliphatic carbocycles. The molecule has 0 spiro atoms. The zero-order valence-electron chi connectivity index (χ0n) is 18.9. The number of esters is 1. The first-order valence-corrected chi connectivity index (χ1v) is 12.2. The lowest BCUT2D eigenvalue weighted by atomic mass is 10.0. The first kappa shape index (κ1) is 24.5. The van der Waals surface area contributed by atoms with Gasteiger partial charge in [0.05, 0.1) is 11.9 Å². The van der Waals surface area contributed by atoms with E-state index in [2.05, 4.69) is 10.6 Å². The third kappa shape index (κ3) is 6.46. The number of benzene rings is 2. The largest absolute Gasteiger partial charge is 0.462 e. The number of hydrogen-bond acceptors (Lipinski definition) is 6. The highest BCUT2D eigenvalue weighted by atomic mass is 32.2. The molecule has 172 valence electrons. The average molecular weight is 483 g/mol. The average Bonchev–Trinajstić information content (AvgIpc) is 3.17. The van der Waals surface area contributed by atoms with E-state index in [-0.39, 0.29) is 18.4 Å². The van der Waals surface area contributed by atoms with E-state index in [0.29, 0.717) is 16.3 Å². The highest BCUT2D eigenvalue weighted by Gasteiger charge is 2.24. The fourth-order valence-electron chi connectivity index (χ4n) is 3.12. The van der Waals surface area contributed by atoms with E-state index in [9.17, 15) is 14.4 Å². The van der Waals surface area contributed by atoms with Gasteiger partial charge in [-0.2, -0.15) is 0 Å². The van der Waals surface area contributed by atoms with Crippen LogP contribution in [0.15, 0.2) is 58.8 Å². The van der Waals surface area contributed by atoms with Crippen LogP contribution in [-0.2, 0) is 14.3 Å². The van der Waals surface area contributed by atoms with Gasteiger partial charge in [-0.05, 0) is 44.5 Å². The van der Waals surface area contributed by atoms with Crippen LogP contribution in [0.2, 0.25) is 0 Å². The second kappa shape index (κ2) is 11.2. The van der Waals surface area contributed by atoms with Gasteiger partial charge in [0.25, 0.3) is 0 Å². The summed E-state index contributed by atoms with van der Waals surface area (Å²) in [5.41, 5.74) is 3.78. The quantitative estimate of drug-likeness (QED) is 0.305. The Hall–Kier alpha value is -3.10. The zero-order valence-corrected chi connectivity index (χ0v) is 20.6. The van der Waals surface area contributed by atoms with E-state index in [1.807, 2.05) is 54.8 Å². The molecule has 0 aliphatic heterocycles. The Morgan fingerprint density at radius 3 is 2.48 bits per heavy atom. The second-order valence-corrected chi connectivity index (χ2v) is 9.69. The molecule has 0 radical (unpaired) electrons. The van der Waals surface area contributed by atoms with Crippen LogP contribution in [0.3, 0.4) is 0 Å². The lowest BCUT2D eigenvalue weighted by Gasteiger charge is -2.13. The SMILES string of the molecule is CCOC(=O)c1c(-c2ccc(C)cc2)csc1NC(=O)C(C)Sc1cccc(NC(C)=O)c1. The Bertz CT molecular complexity index is 1160. The molecule has 3 aromatic rings. The van der Waals surface area contributed by atoms with Crippen molar-refractivity contribution < 1.29 is 19.1 Å². The van der Waals surface area contributed by atoms with Crippen LogP contribution in [-0.4, -0.2) is 29.6 Å². The van der Waals surface area contributed by atoms with Gasteiger partial charge in [-0.15, -0.1) is 23.1 Å². The Kier molecular flexibility index (Phi) is 8.30. The summed E-state index contributed by atoms with van der Waals surface area (Å²) < 4.78 is 5.27. The fraction of sp³-hybridized carbons (Fsp3) is 0.240. The predicted molar refractivity (Wildman–Crippen MR) is 135 cm³/mol. The van der Waals surface area contributed by atoms with Crippen LogP contribution in [0, 0.1) is 6.92 Å². The van der Waals surface area contributed by atoms with Crippen molar-refractivity contribution in [2.24, 2.45) is 0 Å². The molecule has 1 atom stereocenters. The highest BCUT2D eigenvalue weighted by Crippen LogP contribution is 2.37. The summed E-state index contributed by atoms with van der Waals surface area (Å²) in [5.74, 6) is -0.850. The topological polar surface area (TPSA) is 84.5 Å². The number of anilines is 2. The van der Waals surface area contributed by atoms with Gasteiger partial charge in [-0.25, -0.2) is 4.79 Å². The van der Waals surface area contributed by atoms with Crippen LogP contribution in [0.1, 0.15) is 36.7 Å². The Morgan fingerprint density at radius 2 is 1.82 bits per heavy atom. The number of thioether (sulfide) groups is 1. The number of rotatable bonds is 8. The summed E-state index contributed by atoms with van der Waals surface area (Å²) in [6, 6.07) is 15.2. The van der Waals surface area contributed by atoms with E-state index < -0.39 is 11.2 Å². The van der Waals surface area contributed by atoms with Gasteiger partial charge in [-0.1, -0.05) is 35.9 Å². The van der Waals surface area contributed by atoms with E-state index in [1.54, 1.807) is 19.9 Å². The maximum absolute atomic E-state index is 13.0. The highest BCUT2D eigenvalue weighted by molar-refractivity contribution is 8.00. The number of nitrogens with one attached hydrogen (secondary N) is 2. The van der Waals surface area contributed by atoms with Crippen LogP contribution >= 0.6 is 23.1 Å². The van der Waals surface area contributed by atoms with Gasteiger partial charge in [0.2, 0.25) is 11.8 Å². The molecule has 0 saturated heterocycles. The van der Waals surface area contributed by atoms with E-state index in [1.165, 1.54) is 30.0 Å². The van der Waals surface area contributed by atoms with Crippen LogP contribution < -0.4 is 10.6 Å². The lowest BCUT2D eigenvalue weighted by Crippen LogP contribution is -2.23. The maximum Gasteiger partial charge on any atom is 0.341 e. The molecule has 2 N–H and O–H groups in total. The minimum atomic E-state index is -0.465. The van der Waals surface area contributed by atoms with Crippen LogP contribution in [0.25, 0.3) is 11.1 Å². The number of amides is 2. The van der Waals surface area contributed by atoms with Crippen molar-refractivity contribution in [1.82, 2.24) is 0 Å². The fourth-order valence-corrected chi connectivity index (χ4v) is 5.01. The smallest absolute Gasteiger partial charge is 0.341 e. The van der Waals surface area contributed by atoms with Crippen LogP contribution in [0.5, 0.6) is 0 Å². The Morgan fingerprint density at radius 1 is 1.09 bits per heavy atom. The number of carbonyl (C=O) groups is 3. The molecule has 2 aromatic carbocycles. The van der Waals surface area contributed by atoms with Gasteiger partial charge in [0.15, 0.2) is 0 Å². The number of aryl methyl sites for hydroxylation is 1. The van der Waals surface area contributed by atoms with Gasteiger partial charge < -0.3 is 15.4 Å². The van der Waals surface area contributed by atoms with Crippen molar-refractivity contribution in [3.63, 3.8) is 0 Å². The molecule has 1 heterocycles. The standard InChI is InChI=1S/C25H26N2O4S2/c1-5-31-25(30)22-21(18-11-9-15(2)10-12-18)14-32-24(22)27-23(29)16(3)33-20-8-6-7-19(13-20)26-17(4)28/h6-14,16H,5H2,1-4H3,(H,26,28)(H,27,29). The van der Waals surface area contributed by atoms with E-state index >= 15 is 0 Å². The third-order valence-electron chi connectivity index (χ3n) is 4.71. The zero-order chi connectivity index (χ0) is 24.0. The minimum absolute atomic E-state index is 0.156. The molecule has 8 heteroatoms. The monoisotopic (exact) mass is 482 g/mol. The molecule has 1 unspecified atom stereocenters. The molecular weight excluding hydrogens is 456 g/mol. The second-order valence-electron chi connectivity index (χ2n) is 7.40. The number of thiophene rings is 1. The lowest BCUT2D eigenvalue weighted by molar-refractivity contribution is -0.115. The molecule has 33 heavy (non-hydrogen) atoms. The molecule has 2 amide bonds. The number of carbonyl (C=O) groups excluding carboxylic acids is 3. The molecule has 1 aromatic heterocycles. The summed E-state index contributed by atoms with van der Waals surface area (Å²) in [6.45, 7) is 7.24. The summed E-state index contributed by atoms with van der Waals surface area (Å²) >= 11 is 2.67. The van der Waals surface area contributed by atoms with Crippen molar-refractivity contribution >= 4 is 51.6 Å². The normalized spacial score (nSPS) is 11.5. The van der Waals surface area contributed by atoms with E-state index in [0.717, 1.165) is 21.6 Å². The third-order valence-corrected chi connectivity index (χ3v) is 6.70. The molecular formula is C25H26N2O4S2. The van der Waals surface area contributed by atoms with Crippen molar-refractivity contribution in [2.45, 2.75) is 37.8 Å². The minimum Gasteiger partial charge on any atom is -0.462 e. The Labute approximate surface area is 201 Å². The summed E-state index contributed by atoms with van der Waals surface area (Å²) in [4.78, 5) is 37.8. The van der Waals surface area contributed by atoms with Crippen molar-refractivity contribution in [3.8, 4) is 11.1 Å². The molecule has 3 rings (SSSR count). The van der Waals surface area contributed by atoms with Crippen molar-refractivity contribution in [1.29, 1.82) is 0 Å².